The number of hydrogen-bond acceptors (Lipinski definition) is 3. The number of carbonyl (C=O) groups excluding carboxylic acids is 1. The molecule has 0 amide bonds. The molecule has 0 saturated heterocycles. The lowest BCUT2D eigenvalue weighted by Crippen LogP contribution is -2.12. The topological polar surface area (TPSA) is 39.2 Å². The van der Waals surface area contributed by atoms with Crippen LogP contribution in [0, 0.1) is 17.3 Å². The summed E-state index contributed by atoms with van der Waals surface area (Å²) in [5, 5.41) is 0. The van der Waals surface area contributed by atoms with E-state index in [2.05, 4.69) is 38.8 Å². The van der Waals surface area contributed by atoms with E-state index in [9.17, 15) is 4.79 Å². The Balaban J connectivity index is 1.83. The van der Waals surface area contributed by atoms with Crippen molar-refractivity contribution >= 4 is 5.97 Å². The first-order chi connectivity index (χ1) is 9.43. The molecule has 1 aliphatic rings. The second-order valence-corrected chi connectivity index (χ2v) is 6.35. The van der Waals surface area contributed by atoms with Crippen LogP contribution < -0.4 is 0 Å². The average molecular weight is 273 g/mol. The molecule has 0 N–H and O–H groups in total. The van der Waals surface area contributed by atoms with E-state index in [0.29, 0.717) is 12.5 Å². The minimum Gasteiger partial charge on any atom is -0.465 e. The van der Waals surface area contributed by atoms with Gasteiger partial charge in [-0.05, 0) is 36.8 Å². The summed E-state index contributed by atoms with van der Waals surface area (Å²) in [7, 11) is 0. The zero-order valence-corrected chi connectivity index (χ0v) is 12.7. The smallest absolute Gasteiger partial charge is 0.310 e. The first kappa shape index (κ1) is 14.8. The van der Waals surface area contributed by atoms with Crippen LogP contribution in [0.4, 0.5) is 0 Å². The maximum Gasteiger partial charge on any atom is 0.310 e. The van der Waals surface area contributed by atoms with Crippen LogP contribution in [-0.4, -0.2) is 17.6 Å². The SMILES string of the molecule is CC(C)=CC1C(C(=O)OCCc2cccnc2)C1(C)C. The fourth-order valence-corrected chi connectivity index (χ4v) is 2.70. The van der Waals surface area contributed by atoms with E-state index in [-0.39, 0.29) is 17.3 Å². The summed E-state index contributed by atoms with van der Waals surface area (Å²) in [4.78, 5) is 16.2. The average Bonchev–Trinajstić information content (AvgIpc) is 2.91. The summed E-state index contributed by atoms with van der Waals surface area (Å²) in [5.74, 6) is 0.256. The molecule has 0 spiro atoms. The minimum absolute atomic E-state index is 0.00583. The van der Waals surface area contributed by atoms with E-state index in [4.69, 9.17) is 4.74 Å². The van der Waals surface area contributed by atoms with Gasteiger partial charge in [0.2, 0.25) is 0 Å². The highest BCUT2D eigenvalue weighted by Gasteiger charge is 2.61. The van der Waals surface area contributed by atoms with Crippen LogP contribution in [0.5, 0.6) is 0 Å². The summed E-state index contributed by atoms with van der Waals surface area (Å²) in [6.45, 7) is 8.82. The predicted molar refractivity (Wildman–Crippen MR) is 79.1 cm³/mol. The number of hydrogen-bond donors (Lipinski definition) is 0. The Labute approximate surface area is 121 Å². The van der Waals surface area contributed by atoms with E-state index >= 15 is 0 Å². The van der Waals surface area contributed by atoms with Gasteiger partial charge in [-0.2, -0.15) is 0 Å². The van der Waals surface area contributed by atoms with Crippen molar-refractivity contribution < 1.29 is 9.53 Å². The molecule has 108 valence electrons. The van der Waals surface area contributed by atoms with Crippen LogP contribution >= 0.6 is 0 Å². The van der Waals surface area contributed by atoms with Crippen LogP contribution in [0.25, 0.3) is 0 Å². The highest BCUT2D eigenvalue weighted by Crippen LogP contribution is 2.59. The van der Waals surface area contributed by atoms with E-state index in [1.54, 1.807) is 12.4 Å². The molecule has 2 unspecified atom stereocenters. The molecule has 1 heterocycles. The number of pyridine rings is 1. The third-order valence-electron chi connectivity index (χ3n) is 4.04. The molecule has 0 bridgehead atoms. The second kappa shape index (κ2) is 5.78. The number of carbonyl (C=O) groups is 1. The van der Waals surface area contributed by atoms with E-state index in [1.165, 1.54) is 5.57 Å². The van der Waals surface area contributed by atoms with Crippen molar-refractivity contribution in [3.8, 4) is 0 Å². The van der Waals surface area contributed by atoms with Crippen LogP contribution in [0.1, 0.15) is 33.3 Å². The summed E-state index contributed by atoms with van der Waals surface area (Å²) < 4.78 is 5.42. The standard InChI is InChI=1S/C17H23NO2/c1-12(2)10-14-15(17(14,3)4)16(19)20-9-7-13-6-5-8-18-11-13/h5-6,8,10-11,14-15H,7,9H2,1-4H3. The van der Waals surface area contributed by atoms with Crippen LogP contribution in [0.2, 0.25) is 0 Å². The first-order valence-corrected chi connectivity index (χ1v) is 7.13. The fourth-order valence-electron chi connectivity index (χ4n) is 2.70. The van der Waals surface area contributed by atoms with Gasteiger partial charge in [-0.3, -0.25) is 9.78 Å². The van der Waals surface area contributed by atoms with Crippen LogP contribution in [0.3, 0.4) is 0 Å². The fraction of sp³-hybridized carbons (Fsp3) is 0.529. The Morgan fingerprint density at radius 3 is 2.80 bits per heavy atom. The number of nitrogens with zero attached hydrogens (tertiary/aromatic N) is 1. The zero-order valence-electron chi connectivity index (χ0n) is 12.7. The highest BCUT2D eigenvalue weighted by molar-refractivity contribution is 5.78. The van der Waals surface area contributed by atoms with E-state index in [0.717, 1.165) is 12.0 Å². The largest absolute Gasteiger partial charge is 0.465 e. The highest BCUT2D eigenvalue weighted by atomic mass is 16.5. The number of ether oxygens (including phenoxy) is 1. The maximum absolute atomic E-state index is 12.1. The molecule has 1 aromatic rings. The van der Waals surface area contributed by atoms with Gasteiger partial charge in [0.05, 0.1) is 12.5 Å². The molecule has 0 radical (unpaired) electrons. The Morgan fingerprint density at radius 1 is 1.45 bits per heavy atom. The molecule has 1 aliphatic carbocycles. The molecule has 1 saturated carbocycles. The predicted octanol–water partition coefficient (Wildman–Crippen LogP) is 3.41. The summed E-state index contributed by atoms with van der Waals surface area (Å²) in [6, 6.07) is 3.89. The number of esters is 1. The maximum atomic E-state index is 12.1. The molecule has 3 nitrogen and oxygen atoms in total. The molecule has 1 fully saturated rings. The van der Waals surface area contributed by atoms with Gasteiger partial charge in [-0.15, -0.1) is 0 Å². The van der Waals surface area contributed by atoms with Gasteiger partial charge in [0.25, 0.3) is 0 Å². The van der Waals surface area contributed by atoms with Gasteiger partial charge in [-0.1, -0.05) is 31.6 Å². The van der Waals surface area contributed by atoms with Crippen LogP contribution in [0.15, 0.2) is 36.2 Å². The molecule has 0 aliphatic heterocycles. The second-order valence-electron chi connectivity index (χ2n) is 6.35. The van der Waals surface area contributed by atoms with Crippen molar-refractivity contribution in [3.05, 3.63) is 41.7 Å². The number of allylic oxidation sites excluding steroid dienone is 2. The molecule has 2 atom stereocenters. The zero-order chi connectivity index (χ0) is 14.8. The van der Waals surface area contributed by atoms with Crippen molar-refractivity contribution in [2.75, 3.05) is 6.61 Å². The molecule has 0 aromatic carbocycles. The van der Waals surface area contributed by atoms with Gasteiger partial charge >= 0.3 is 5.97 Å². The third-order valence-corrected chi connectivity index (χ3v) is 4.04. The van der Waals surface area contributed by atoms with Gasteiger partial charge in [0.1, 0.15) is 0 Å². The monoisotopic (exact) mass is 273 g/mol. The van der Waals surface area contributed by atoms with Gasteiger partial charge in [0, 0.05) is 18.8 Å². The van der Waals surface area contributed by atoms with Crippen molar-refractivity contribution in [3.63, 3.8) is 0 Å². The Bertz CT molecular complexity index is 501. The third kappa shape index (κ3) is 3.27. The Hall–Kier alpha value is -1.64. The van der Waals surface area contributed by atoms with Crippen molar-refractivity contribution in [1.82, 2.24) is 4.98 Å². The van der Waals surface area contributed by atoms with Gasteiger partial charge in [-0.25, -0.2) is 0 Å². The molecule has 20 heavy (non-hydrogen) atoms. The summed E-state index contributed by atoms with van der Waals surface area (Å²) in [5.41, 5.74) is 2.38. The summed E-state index contributed by atoms with van der Waals surface area (Å²) >= 11 is 0. The Morgan fingerprint density at radius 2 is 2.20 bits per heavy atom. The minimum atomic E-state index is -0.0682. The van der Waals surface area contributed by atoms with Crippen molar-refractivity contribution in [1.29, 1.82) is 0 Å². The molecule has 3 heteroatoms. The lowest BCUT2D eigenvalue weighted by molar-refractivity contribution is -0.146. The quantitative estimate of drug-likeness (QED) is 0.609. The van der Waals surface area contributed by atoms with Crippen molar-refractivity contribution in [2.45, 2.75) is 34.1 Å². The van der Waals surface area contributed by atoms with Crippen LogP contribution in [-0.2, 0) is 16.0 Å². The molecule has 2 rings (SSSR count). The van der Waals surface area contributed by atoms with Gasteiger partial charge in [0.15, 0.2) is 0 Å². The molecular formula is C17H23NO2. The number of rotatable bonds is 5. The van der Waals surface area contributed by atoms with Gasteiger partial charge < -0.3 is 4.74 Å². The Kier molecular flexibility index (Phi) is 4.26. The number of aromatic nitrogens is 1. The molecular weight excluding hydrogens is 250 g/mol. The lowest BCUT2D eigenvalue weighted by atomic mass is 10.1. The summed E-state index contributed by atoms with van der Waals surface area (Å²) in [6.07, 6.45) is 6.46. The lowest BCUT2D eigenvalue weighted by Gasteiger charge is -2.05. The first-order valence-electron chi connectivity index (χ1n) is 7.13. The van der Waals surface area contributed by atoms with Crippen molar-refractivity contribution in [2.24, 2.45) is 17.3 Å². The van der Waals surface area contributed by atoms with E-state index in [1.807, 2.05) is 12.1 Å². The molecule has 1 aromatic heterocycles. The van der Waals surface area contributed by atoms with E-state index < -0.39 is 0 Å². The normalized spacial score (nSPS) is 23.0.